The van der Waals surface area contributed by atoms with E-state index in [1.165, 1.54) is 22.0 Å². The topological polar surface area (TPSA) is 44.0 Å². The summed E-state index contributed by atoms with van der Waals surface area (Å²) in [5, 5.41) is 4.89. The second-order valence-corrected chi connectivity index (χ2v) is 7.91. The zero-order chi connectivity index (χ0) is 19.8. The van der Waals surface area contributed by atoms with Gasteiger partial charge in [-0.25, -0.2) is 4.98 Å². The van der Waals surface area contributed by atoms with Gasteiger partial charge >= 0.3 is 0 Å². The molecule has 1 atom stereocenters. The lowest BCUT2D eigenvalue weighted by Crippen LogP contribution is -2.35. The molecule has 3 heterocycles. The summed E-state index contributed by atoms with van der Waals surface area (Å²) >= 11 is 0. The van der Waals surface area contributed by atoms with Gasteiger partial charge in [0.15, 0.2) is 0 Å². The van der Waals surface area contributed by atoms with E-state index in [-0.39, 0.29) is 6.10 Å². The molecule has 5 heteroatoms. The van der Waals surface area contributed by atoms with E-state index in [1.807, 2.05) is 0 Å². The Morgan fingerprint density at radius 2 is 1.93 bits per heavy atom. The average molecular weight is 386 g/mol. The highest BCUT2D eigenvalue weighted by molar-refractivity contribution is 5.83. The normalized spacial score (nSPS) is 16.3. The summed E-state index contributed by atoms with van der Waals surface area (Å²) in [5.74, 6) is 1.01. The highest BCUT2D eigenvalue weighted by Gasteiger charge is 2.21. The zero-order valence-electron chi connectivity index (χ0n) is 16.9. The number of hydrogen-bond acceptors (Lipinski definition) is 3. The highest BCUT2D eigenvalue weighted by Crippen LogP contribution is 2.23. The number of fused-ring (bicyclic) bond motifs is 2. The molecule has 2 aromatic heterocycles. The van der Waals surface area contributed by atoms with Crippen LogP contribution in [0.25, 0.3) is 22.2 Å². The maximum absolute atomic E-state index is 6.05. The molecule has 0 saturated heterocycles. The van der Waals surface area contributed by atoms with Gasteiger partial charge in [0.05, 0.1) is 18.3 Å². The number of nitrogens with zero attached hydrogens (tertiary/aromatic N) is 3. The molecule has 5 rings (SSSR count). The Balaban J connectivity index is 1.23. The summed E-state index contributed by atoms with van der Waals surface area (Å²) in [4.78, 5) is 4.76. The minimum atomic E-state index is 0.151. The van der Waals surface area contributed by atoms with Crippen molar-refractivity contribution in [2.24, 2.45) is 7.05 Å². The summed E-state index contributed by atoms with van der Waals surface area (Å²) in [6, 6.07) is 17.1. The molecule has 0 spiro atoms. The number of benzene rings is 2. The molecule has 0 amide bonds. The van der Waals surface area contributed by atoms with Gasteiger partial charge < -0.3 is 19.2 Å². The van der Waals surface area contributed by atoms with Crippen LogP contribution in [-0.2, 0) is 31.5 Å². The van der Waals surface area contributed by atoms with Gasteiger partial charge in [-0.2, -0.15) is 0 Å². The lowest BCUT2D eigenvalue weighted by atomic mass is 10.1. The largest absolute Gasteiger partial charge is 0.367 e. The first-order valence-electron chi connectivity index (χ1n) is 10.2. The maximum Gasteiger partial charge on any atom is 0.135 e. The van der Waals surface area contributed by atoms with Crippen LogP contribution in [0.5, 0.6) is 0 Å². The predicted octanol–water partition coefficient (Wildman–Crippen LogP) is 4.04. The molecule has 29 heavy (non-hydrogen) atoms. The molecule has 1 aliphatic heterocycles. The number of hydrogen-bond donors (Lipinski definition) is 1. The van der Waals surface area contributed by atoms with Crippen molar-refractivity contribution in [3.05, 3.63) is 77.9 Å². The molecule has 0 saturated carbocycles. The van der Waals surface area contributed by atoms with Gasteiger partial charge in [0.25, 0.3) is 0 Å². The minimum absolute atomic E-state index is 0.151. The van der Waals surface area contributed by atoms with Gasteiger partial charge in [-0.3, -0.25) is 0 Å². The van der Waals surface area contributed by atoms with Crippen molar-refractivity contribution in [1.82, 2.24) is 19.4 Å². The fraction of sp³-hybridized carbons (Fsp3) is 0.292. The number of aromatic nitrogens is 3. The summed E-state index contributed by atoms with van der Waals surface area (Å²) in [6.07, 6.45) is 4.51. The number of nitrogens with one attached hydrogen (secondary N) is 1. The smallest absolute Gasteiger partial charge is 0.135 e. The number of aryl methyl sites for hydroxylation is 2. The molecule has 5 nitrogen and oxygen atoms in total. The van der Waals surface area contributed by atoms with Crippen molar-refractivity contribution in [3.63, 3.8) is 0 Å². The van der Waals surface area contributed by atoms with E-state index in [0.717, 1.165) is 36.7 Å². The molecule has 0 unspecified atom stereocenters. The number of para-hydroxylation sites is 1. The fourth-order valence-electron chi connectivity index (χ4n) is 4.11. The Hall–Kier alpha value is -2.89. The molecular formula is C24H26N4O. The molecule has 0 radical (unpaired) electrons. The number of imidazole rings is 1. The van der Waals surface area contributed by atoms with E-state index in [0.29, 0.717) is 6.61 Å². The van der Waals surface area contributed by atoms with Crippen LogP contribution in [0.4, 0.5) is 0 Å². The van der Waals surface area contributed by atoms with Crippen LogP contribution in [-0.4, -0.2) is 26.8 Å². The monoisotopic (exact) mass is 386 g/mol. The SMILES string of the molecule is Cc1ccc(-c2cn3c(n2)CO[C@@H](CNCc2cn(C)c4ccccc24)C3)cc1. The van der Waals surface area contributed by atoms with Crippen LogP contribution in [0.3, 0.4) is 0 Å². The Morgan fingerprint density at radius 3 is 2.79 bits per heavy atom. The van der Waals surface area contributed by atoms with Crippen LogP contribution >= 0.6 is 0 Å². The third-order valence-corrected chi connectivity index (χ3v) is 5.72. The summed E-state index contributed by atoms with van der Waals surface area (Å²) in [7, 11) is 2.10. The molecular weight excluding hydrogens is 360 g/mol. The van der Waals surface area contributed by atoms with Crippen LogP contribution in [0.2, 0.25) is 0 Å². The first-order chi connectivity index (χ1) is 14.2. The Morgan fingerprint density at radius 1 is 1.10 bits per heavy atom. The fourth-order valence-corrected chi connectivity index (χ4v) is 4.11. The Kier molecular flexibility index (Phi) is 4.70. The predicted molar refractivity (Wildman–Crippen MR) is 116 cm³/mol. The van der Waals surface area contributed by atoms with Gasteiger partial charge in [0, 0.05) is 49.0 Å². The zero-order valence-corrected chi connectivity index (χ0v) is 16.9. The van der Waals surface area contributed by atoms with Crippen LogP contribution in [0, 0.1) is 6.92 Å². The lowest BCUT2D eigenvalue weighted by Gasteiger charge is -2.24. The van der Waals surface area contributed by atoms with Gasteiger partial charge in [-0.05, 0) is 18.6 Å². The Labute approximate surface area is 170 Å². The van der Waals surface area contributed by atoms with E-state index in [4.69, 9.17) is 9.72 Å². The Bertz CT molecular complexity index is 1140. The van der Waals surface area contributed by atoms with Crippen LogP contribution in [0.1, 0.15) is 17.0 Å². The first-order valence-corrected chi connectivity index (χ1v) is 10.2. The minimum Gasteiger partial charge on any atom is -0.367 e. The van der Waals surface area contributed by atoms with Gasteiger partial charge in [0.1, 0.15) is 12.4 Å². The maximum atomic E-state index is 6.05. The molecule has 1 N–H and O–H groups in total. The van der Waals surface area contributed by atoms with Crippen molar-refractivity contribution < 1.29 is 4.74 Å². The van der Waals surface area contributed by atoms with Gasteiger partial charge in [0.2, 0.25) is 0 Å². The summed E-state index contributed by atoms with van der Waals surface area (Å²) < 4.78 is 10.5. The first kappa shape index (κ1) is 18.2. The van der Waals surface area contributed by atoms with E-state index in [9.17, 15) is 0 Å². The van der Waals surface area contributed by atoms with E-state index in [1.54, 1.807) is 0 Å². The van der Waals surface area contributed by atoms with Crippen molar-refractivity contribution in [1.29, 1.82) is 0 Å². The van der Waals surface area contributed by atoms with Gasteiger partial charge in [-0.15, -0.1) is 0 Å². The number of rotatable bonds is 5. The van der Waals surface area contributed by atoms with E-state index < -0.39 is 0 Å². The average Bonchev–Trinajstić information content (AvgIpc) is 3.30. The van der Waals surface area contributed by atoms with E-state index >= 15 is 0 Å². The third kappa shape index (κ3) is 3.59. The standard InChI is InChI=1S/C24H26N4O/c1-17-7-9-18(10-8-17)22-15-28-14-20(29-16-24(28)26-22)12-25-11-19-13-27(2)23-6-4-3-5-21(19)23/h3-10,13,15,20,25H,11-12,14,16H2,1-2H3/t20-/m0/s1. The van der Waals surface area contributed by atoms with Crippen LogP contribution < -0.4 is 5.32 Å². The second kappa shape index (κ2) is 7.50. The summed E-state index contributed by atoms with van der Waals surface area (Å²) in [6.45, 7) is 5.15. The lowest BCUT2D eigenvalue weighted by molar-refractivity contribution is 0.00279. The molecule has 2 aromatic carbocycles. The number of ether oxygens (including phenoxy) is 1. The highest BCUT2D eigenvalue weighted by atomic mass is 16.5. The summed E-state index contributed by atoms with van der Waals surface area (Å²) in [5.41, 5.74) is 6.03. The van der Waals surface area contributed by atoms with Crippen molar-refractivity contribution >= 4 is 10.9 Å². The van der Waals surface area contributed by atoms with E-state index in [2.05, 4.69) is 89.3 Å². The molecule has 4 aromatic rings. The molecule has 1 aliphatic rings. The quantitative estimate of drug-likeness (QED) is 0.563. The molecule has 0 aliphatic carbocycles. The van der Waals surface area contributed by atoms with Crippen molar-refractivity contribution in [3.8, 4) is 11.3 Å². The second-order valence-electron chi connectivity index (χ2n) is 7.91. The third-order valence-electron chi connectivity index (χ3n) is 5.72. The molecule has 0 fully saturated rings. The molecule has 0 bridgehead atoms. The van der Waals surface area contributed by atoms with Crippen LogP contribution in [0.15, 0.2) is 60.9 Å². The van der Waals surface area contributed by atoms with Crippen molar-refractivity contribution in [2.45, 2.75) is 32.7 Å². The van der Waals surface area contributed by atoms with Crippen molar-refractivity contribution in [2.75, 3.05) is 6.54 Å². The molecule has 148 valence electrons. The van der Waals surface area contributed by atoms with Gasteiger partial charge in [-0.1, -0.05) is 48.0 Å².